The quantitative estimate of drug-likeness (QED) is 0.758. The van der Waals surface area contributed by atoms with E-state index in [4.69, 9.17) is 9.47 Å². The van der Waals surface area contributed by atoms with E-state index in [0.717, 1.165) is 0 Å². The molecule has 4 heteroatoms. The zero-order valence-corrected chi connectivity index (χ0v) is 11.0. The molecule has 1 aromatic rings. The average molecular weight is 237 g/mol. The van der Waals surface area contributed by atoms with Crippen LogP contribution in [0.4, 0.5) is 0 Å². The number of hydrogen-bond acceptors (Lipinski definition) is 4. The predicted molar refractivity (Wildman–Crippen MR) is 65.2 cm³/mol. The van der Waals surface area contributed by atoms with Crippen molar-refractivity contribution >= 4 is 5.97 Å². The van der Waals surface area contributed by atoms with E-state index >= 15 is 0 Å². The van der Waals surface area contributed by atoms with Gasteiger partial charge in [-0.2, -0.15) is 0 Å². The van der Waals surface area contributed by atoms with E-state index in [0.29, 0.717) is 11.4 Å². The fraction of sp³-hybridized carbons (Fsp3) is 0.538. The molecule has 94 valence electrons. The molecule has 0 amide bonds. The lowest BCUT2D eigenvalue weighted by Crippen LogP contribution is -2.24. The number of esters is 1. The topological polar surface area (TPSA) is 48.4 Å². The third-order valence-electron chi connectivity index (χ3n) is 1.74. The molecule has 1 aromatic heterocycles. The van der Waals surface area contributed by atoms with Gasteiger partial charge in [0.2, 0.25) is 5.88 Å². The minimum atomic E-state index is -0.526. The van der Waals surface area contributed by atoms with Crippen LogP contribution in [0.5, 0.6) is 5.88 Å². The number of carbonyl (C=O) groups is 1. The van der Waals surface area contributed by atoms with Gasteiger partial charge in [0.05, 0.1) is 6.10 Å². The van der Waals surface area contributed by atoms with Gasteiger partial charge in [-0.15, -0.1) is 0 Å². The third-order valence-corrected chi connectivity index (χ3v) is 1.74. The Bertz CT molecular complexity index is 394. The lowest BCUT2D eigenvalue weighted by molar-refractivity contribution is 0.00638. The number of ether oxygens (including phenoxy) is 2. The van der Waals surface area contributed by atoms with E-state index in [1.165, 1.54) is 0 Å². The lowest BCUT2D eigenvalue weighted by atomic mass is 10.2. The molecule has 0 aliphatic heterocycles. The molecule has 0 fully saturated rings. The minimum absolute atomic E-state index is 0.0360. The van der Waals surface area contributed by atoms with Crippen LogP contribution < -0.4 is 4.74 Å². The van der Waals surface area contributed by atoms with Crippen molar-refractivity contribution < 1.29 is 14.3 Å². The van der Waals surface area contributed by atoms with Gasteiger partial charge in [-0.1, -0.05) is 0 Å². The Morgan fingerprint density at radius 1 is 1.35 bits per heavy atom. The Labute approximate surface area is 102 Å². The number of rotatable bonds is 3. The van der Waals surface area contributed by atoms with Crippen molar-refractivity contribution in [1.29, 1.82) is 0 Å². The zero-order chi connectivity index (χ0) is 13.1. The largest absolute Gasteiger partial charge is 0.474 e. The van der Waals surface area contributed by atoms with Gasteiger partial charge in [-0.25, -0.2) is 9.78 Å². The summed E-state index contributed by atoms with van der Waals surface area (Å²) in [6.07, 6.45) is 1.55. The summed E-state index contributed by atoms with van der Waals surface area (Å²) in [5.41, 5.74) is -0.168. The predicted octanol–water partition coefficient (Wildman–Crippen LogP) is 2.82. The first-order valence-corrected chi connectivity index (χ1v) is 5.64. The summed E-state index contributed by atoms with van der Waals surface area (Å²) in [5.74, 6) is -0.0991. The second-order valence-corrected chi connectivity index (χ2v) is 5.02. The maximum atomic E-state index is 11.9. The summed E-state index contributed by atoms with van der Waals surface area (Å²) in [6, 6.07) is 3.34. The zero-order valence-electron chi connectivity index (χ0n) is 11.0. The summed E-state index contributed by atoms with van der Waals surface area (Å²) in [5, 5.41) is 0. The molecule has 1 rings (SSSR count). The van der Waals surface area contributed by atoms with Crippen LogP contribution >= 0.6 is 0 Å². The van der Waals surface area contributed by atoms with Gasteiger partial charge in [0.15, 0.2) is 0 Å². The fourth-order valence-corrected chi connectivity index (χ4v) is 1.20. The van der Waals surface area contributed by atoms with Gasteiger partial charge in [0.25, 0.3) is 0 Å². The maximum absolute atomic E-state index is 11.9. The molecule has 0 spiro atoms. The molecular formula is C13H19NO3. The molecule has 4 nitrogen and oxygen atoms in total. The Kier molecular flexibility index (Phi) is 4.10. The molecule has 0 atom stereocenters. The number of carbonyl (C=O) groups excluding carboxylic acids is 1. The molecule has 0 aromatic carbocycles. The molecule has 0 N–H and O–H groups in total. The van der Waals surface area contributed by atoms with Crippen LogP contribution in [-0.4, -0.2) is 22.7 Å². The minimum Gasteiger partial charge on any atom is -0.474 e. The Morgan fingerprint density at radius 2 is 2.00 bits per heavy atom. The number of aromatic nitrogens is 1. The second kappa shape index (κ2) is 5.17. The smallest absolute Gasteiger partial charge is 0.344 e. The van der Waals surface area contributed by atoms with Gasteiger partial charge >= 0.3 is 5.97 Å². The number of nitrogens with zero attached hydrogens (tertiary/aromatic N) is 1. The van der Waals surface area contributed by atoms with E-state index in [9.17, 15) is 4.79 Å². The van der Waals surface area contributed by atoms with E-state index in [1.54, 1.807) is 18.3 Å². The van der Waals surface area contributed by atoms with Gasteiger partial charge in [0, 0.05) is 6.20 Å². The molecule has 0 aliphatic carbocycles. The lowest BCUT2D eigenvalue weighted by Gasteiger charge is -2.20. The standard InChI is InChI=1S/C13H19NO3/c1-9(2)16-11-10(7-6-8-14-11)12(15)17-13(3,4)5/h6-9H,1-5H3. The first-order chi connectivity index (χ1) is 7.79. The van der Waals surface area contributed by atoms with Crippen molar-refractivity contribution in [3.63, 3.8) is 0 Å². The van der Waals surface area contributed by atoms with Crippen molar-refractivity contribution in [2.24, 2.45) is 0 Å². The number of hydrogen-bond donors (Lipinski definition) is 0. The van der Waals surface area contributed by atoms with Gasteiger partial charge < -0.3 is 9.47 Å². The monoisotopic (exact) mass is 237 g/mol. The maximum Gasteiger partial charge on any atom is 0.344 e. The van der Waals surface area contributed by atoms with Gasteiger partial charge in [0.1, 0.15) is 11.2 Å². The van der Waals surface area contributed by atoms with Crippen molar-refractivity contribution in [2.75, 3.05) is 0 Å². The Morgan fingerprint density at radius 3 is 2.53 bits per heavy atom. The molecule has 1 heterocycles. The summed E-state index contributed by atoms with van der Waals surface area (Å²) in [4.78, 5) is 16.0. The van der Waals surface area contributed by atoms with Crippen LogP contribution in [0.2, 0.25) is 0 Å². The van der Waals surface area contributed by atoms with Crippen molar-refractivity contribution in [1.82, 2.24) is 4.98 Å². The van der Waals surface area contributed by atoms with E-state index < -0.39 is 11.6 Å². The molecule has 0 unspecified atom stereocenters. The molecule has 0 saturated heterocycles. The van der Waals surface area contributed by atoms with E-state index in [2.05, 4.69) is 4.98 Å². The Hall–Kier alpha value is -1.58. The van der Waals surface area contributed by atoms with E-state index in [-0.39, 0.29) is 6.10 Å². The van der Waals surface area contributed by atoms with Crippen molar-refractivity contribution in [3.05, 3.63) is 23.9 Å². The summed E-state index contributed by atoms with van der Waals surface area (Å²) >= 11 is 0. The van der Waals surface area contributed by atoms with E-state index in [1.807, 2.05) is 34.6 Å². The van der Waals surface area contributed by atoms with Crippen molar-refractivity contribution in [3.8, 4) is 5.88 Å². The molecule has 0 saturated carbocycles. The fourth-order valence-electron chi connectivity index (χ4n) is 1.20. The molecule has 0 aliphatic rings. The first-order valence-electron chi connectivity index (χ1n) is 5.64. The summed E-state index contributed by atoms with van der Waals surface area (Å²) < 4.78 is 10.8. The summed E-state index contributed by atoms with van der Waals surface area (Å²) in [6.45, 7) is 9.24. The normalized spacial score (nSPS) is 11.4. The number of pyridine rings is 1. The SMILES string of the molecule is CC(C)Oc1ncccc1C(=O)OC(C)(C)C. The molecule has 0 radical (unpaired) electrons. The summed E-state index contributed by atoms with van der Waals surface area (Å²) in [7, 11) is 0. The highest BCUT2D eigenvalue weighted by Gasteiger charge is 2.21. The Balaban J connectivity index is 2.93. The van der Waals surface area contributed by atoms with Gasteiger partial charge in [-0.3, -0.25) is 0 Å². The van der Waals surface area contributed by atoms with Crippen LogP contribution in [-0.2, 0) is 4.74 Å². The van der Waals surface area contributed by atoms with Crippen LogP contribution in [0.3, 0.4) is 0 Å². The van der Waals surface area contributed by atoms with Crippen LogP contribution in [0.15, 0.2) is 18.3 Å². The third kappa shape index (κ3) is 4.43. The van der Waals surface area contributed by atoms with Crippen LogP contribution in [0, 0.1) is 0 Å². The van der Waals surface area contributed by atoms with Gasteiger partial charge in [-0.05, 0) is 46.8 Å². The van der Waals surface area contributed by atoms with Crippen LogP contribution in [0.1, 0.15) is 45.0 Å². The molecule has 0 bridgehead atoms. The highest BCUT2D eigenvalue weighted by molar-refractivity contribution is 5.92. The first kappa shape index (κ1) is 13.5. The highest BCUT2D eigenvalue weighted by Crippen LogP contribution is 2.19. The average Bonchev–Trinajstić information content (AvgIpc) is 2.14. The molecule has 17 heavy (non-hydrogen) atoms. The van der Waals surface area contributed by atoms with Crippen molar-refractivity contribution in [2.45, 2.75) is 46.3 Å². The highest BCUT2D eigenvalue weighted by atomic mass is 16.6. The molecular weight excluding hydrogens is 218 g/mol. The second-order valence-electron chi connectivity index (χ2n) is 5.02. The van der Waals surface area contributed by atoms with Crippen LogP contribution in [0.25, 0.3) is 0 Å².